The number of rotatable bonds is 3. The average Bonchev–Trinajstić information content (AvgIpc) is 2.98. The van der Waals surface area contributed by atoms with Gasteiger partial charge in [-0.3, -0.25) is 5.10 Å². The third-order valence-corrected chi connectivity index (χ3v) is 5.30. The molecule has 0 spiro atoms. The lowest BCUT2D eigenvalue weighted by Crippen LogP contribution is -2.25. The average molecular weight is 277 g/mol. The van der Waals surface area contributed by atoms with Crippen molar-refractivity contribution in [3.05, 3.63) is 47.8 Å². The van der Waals surface area contributed by atoms with Crippen LogP contribution >= 0.6 is 0 Å². The van der Waals surface area contributed by atoms with Crippen molar-refractivity contribution in [2.75, 3.05) is 5.75 Å². The SMILES string of the molecule is CC(NC1CS(=O)(=O)c2ccccc21)c1cn[nH]c1. The Morgan fingerprint density at radius 2 is 2.21 bits per heavy atom. The van der Waals surface area contributed by atoms with E-state index < -0.39 is 9.84 Å². The zero-order valence-corrected chi connectivity index (χ0v) is 11.3. The topological polar surface area (TPSA) is 74.8 Å². The number of fused-ring (bicyclic) bond motifs is 1. The van der Waals surface area contributed by atoms with E-state index >= 15 is 0 Å². The van der Waals surface area contributed by atoms with E-state index in [0.717, 1.165) is 11.1 Å². The molecule has 0 radical (unpaired) electrons. The normalized spacial score (nSPS) is 22.1. The van der Waals surface area contributed by atoms with Gasteiger partial charge in [0.1, 0.15) is 0 Å². The third-order valence-electron chi connectivity index (χ3n) is 3.49. The first-order chi connectivity index (χ1) is 9.08. The van der Waals surface area contributed by atoms with Crippen LogP contribution in [0.5, 0.6) is 0 Å². The van der Waals surface area contributed by atoms with Gasteiger partial charge in [-0.1, -0.05) is 18.2 Å². The standard InChI is InChI=1S/C13H15N3O2S/c1-9(10-6-14-15-7-10)16-12-8-19(17,18)13-5-3-2-4-11(12)13/h2-7,9,12,16H,8H2,1H3,(H,14,15). The summed E-state index contributed by atoms with van der Waals surface area (Å²) in [5.74, 6) is 0.120. The zero-order chi connectivity index (χ0) is 13.5. The lowest BCUT2D eigenvalue weighted by molar-refractivity contribution is 0.497. The molecule has 0 saturated heterocycles. The number of benzene rings is 1. The molecule has 1 aliphatic heterocycles. The van der Waals surface area contributed by atoms with Crippen LogP contribution in [-0.4, -0.2) is 24.4 Å². The predicted molar refractivity (Wildman–Crippen MR) is 71.4 cm³/mol. The minimum Gasteiger partial charge on any atom is -0.302 e. The third kappa shape index (κ3) is 2.17. The Morgan fingerprint density at radius 3 is 2.95 bits per heavy atom. The number of aromatic amines is 1. The van der Waals surface area contributed by atoms with E-state index in [0.29, 0.717) is 4.90 Å². The van der Waals surface area contributed by atoms with Crippen LogP contribution in [0, 0.1) is 0 Å². The Kier molecular flexibility index (Phi) is 2.91. The maximum atomic E-state index is 12.1. The summed E-state index contributed by atoms with van der Waals surface area (Å²) in [4.78, 5) is 0.451. The van der Waals surface area contributed by atoms with Gasteiger partial charge < -0.3 is 5.32 Å². The van der Waals surface area contributed by atoms with E-state index in [2.05, 4.69) is 15.5 Å². The number of nitrogens with one attached hydrogen (secondary N) is 2. The maximum absolute atomic E-state index is 12.1. The molecule has 0 saturated carbocycles. The fourth-order valence-corrected chi connectivity index (χ4v) is 4.23. The second kappa shape index (κ2) is 4.47. The van der Waals surface area contributed by atoms with Crippen molar-refractivity contribution >= 4 is 9.84 Å². The highest BCUT2D eigenvalue weighted by atomic mass is 32.2. The Bertz CT molecular complexity index is 680. The highest BCUT2D eigenvalue weighted by Crippen LogP contribution is 2.34. The van der Waals surface area contributed by atoms with E-state index in [1.165, 1.54) is 0 Å². The molecule has 0 aliphatic carbocycles. The summed E-state index contributed by atoms with van der Waals surface area (Å²) in [6.45, 7) is 2.00. The molecule has 1 aliphatic rings. The summed E-state index contributed by atoms with van der Waals surface area (Å²) in [7, 11) is -3.16. The number of nitrogens with zero attached hydrogens (tertiary/aromatic N) is 1. The predicted octanol–water partition coefficient (Wildman–Crippen LogP) is 1.59. The molecule has 5 nitrogen and oxygen atoms in total. The van der Waals surface area contributed by atoms with Gasteiger partial charge in [0, 0.05) is 23.8 Å². The molecule has 19 heavy (non-hydrogen) atoms. The maximum Gasteiger partial charge on any atom is 0.180 e. The van der Waals surface area contributed by atoms with Crippen molar-refractivity contribution in [1.29, 1.82) is 0 Å². The van der Waals surface area contributed by atoms with Crippen LogP contribution in [0.1, 0.15) is 30.1 Å². The molecule has 2 N–H and O–H groups in total. The van der Waals surface area contributed by atoms with Crippen molar-refractivity contribution in [2.45, 2.75) is 23.9 Å². The molecular formula is C13H15N3O2S. The molecule has 2 heterocycles. The van der Waals surface area contributed by atoms with Gasteiger partial charge in [-0.05, 0) is 18.6 Å². The van der Waals surface area contributed by atoms with Crippen molar-refractivity contribution in [3.8, 4) is 0 Å². The van der Waals surface area contributed by atoms with Crippen LogP contribution in [0.2, 0.25) is 0 Å². The summed E-state index contributed by atoms with van der Waals surface area (Å²) in [6, 6.07) is 7.07. The van der Waals surface area contributed by atoms with Gasteiger partial charge in [-0.25, -0.2) is 8.42 Å². The van der Waals surface area contributed by atoms with Gasteiger partial charge >= 0.3 is 0 Å². The number of H-pyrrole nitrogens is 1. The first-order valence-corrected chi connectivity index (χ1v) is 7.79. The highest BCUT2D eigenvalue weighted by Gasteiger charge is 2.34. The Balaban J connectivity index is 1.88. The first-order valence-electron chi connectivity index (χ1n) is 6.14. The largest absolute Gasteiger partial charge is 0.302 e. The smallest absolute Gasteiger partial charge is 0.180 e. The summed E-state index contributed by atoms with van der Waals surface area (Å²) in [6.07, 6.45) is 3.56. The molecule has 2 unspecified atom stereocenters. The van der Waals surface area contributed by atoms with E-state index in [9.17, 15) is 8.42 Å². The number of sulfone groups is 1. The van der Waals surface area contributed by atoms with Gasteiger partial charge in [-0.15, -0.1) is 0 Å². The van der Waals surface area contributed by atoms with Crippen molar-refractivity contribution in [3.63, 3.8) is 0 Å². The van der Waals surface area contributed by atoms with Gasteiger partial charge in [-0.2, -0.15) is 5.10 Å². The van der Waals surface area contributed by atoms with Crippen LogP contribution in [0.4, 0.5) is 0 Å². The molecular weight excluding hydrogens is 262 g/mol. The van der Waals surface area contributed by atoms with E-state index in [1.54, 1.807) is 18.3 Å². The van der Waals surface area contributed by atoms with Gasteiger partial charge in [0.15, 0.2) is 9.84 Å². The van der Waals surface area contributed by atoms with Crippen LogP contribution in [0.25, 0.3) is 0 Å². The monoisotopic (exact) mass is 277 g/mol. The van der Waals surface area contributed by atoms with Crippen LogP contribution in [-0.2, 0) is 9.84 Å². The summed E-state index contributed by atoms with van der Waals surface area (Å²) in [5, 5.41) is 10.0. The van der Waals surface area contributed by atoms with Crippen LogP contribution in [0.3, 0.4) is 0 Å². The van der Waals surface area contributed by atoms with Crippen molar-refractivity contribution in [2.24, 2.45) is 0 Å². The van der Waals surface area contributed by atoms with E-state index in [-0.39, 0.29) is 17.8 Å². The minimum atomic E-state index is -3.16. The molecule has 100 valence electrons. The Labute approximate surface area is 112 Å². The molecule has 1 aromatic heterocycles. The highest BCUT2D eigenvalue weighted by molar-refractivity contribution is 7.91. The number of hydrogen-bond acceptors (Lipinski definition) is 4. The molecule has 6 heteroatoms. The van der Waals surface area contributed by atoms with Crippen molar-refractivity contribution in [1.82, 2.24) is 15.5 Å². The Hall–Kier alpha value is -1.66. The molecule has 2 aromatic rings. The van der Waals surface area contributed by atoms with Crippen LogP contribution in [0.15, 0.2) is 41.6 Å². The second-order valence-corrected chi connectivity index (χ2v) is 6.79. The fourth-order valence-electron chi connectivity index (χ4n) is 2.48. The zero-order valence-electron chi connectivity index (χ0n) is 10.5. The Morgan fingerprint density at radius 1 is 1.42 bits per heavy atom. The summed E-state index contributed by atoms with van der Waals surface area (Å²) < 4.78 is 24.1. The first kappa shape index (κ1) is 12.4. The second-order valence-electron chi connectivity index (χ2n) is 4.79. The molecule has 3 rings (SSSR count). The van der Waals surface area contributed by atoms with Gasteiger partial charge in [0.05, 0.1) is 16.8 Å². The van der Waals surface area contributed by atoms with Crippen LogP contribution < -0.4 is 5.32 Å². The molecule has 0 bridgehead atoms. The van der Waals surface area contributed by atoms with Gasteiger partial charge in [0.25, 0.3) is 0 Å². The number of aromatic nitrogens is 2. The molecule has 0 amide bonds. The molecule has 2 atom stereocenters. The van der Waals surface area contributed by atoms with E-state index in [4.69, 9.17) is 0 Å². The molecule has 0 fully saturated rings. The summed E-state index contributed by atoms with van der Waals surface area (Å²) >= 11 is 0. The lowest BCUT2D eigenvalue weighted by atomic mass is 10.1. The quantitative estimate of drug-likeness (QED) is 0.893. The minimum absolute atomic E-state index is 0.0464. The molecule has 1 aromatic carbocycles. The summed E-state index contributed by atoms with van der Waals surface area (Å²) in [5.41, 5.74) is 1.87. The lowest BCUT2D eigenvalue weighted by Gasteiger charge is -2.18. The van der Waals surface area contributed by atoms with Crippen molar-refractivity contribution < 1.29 is 8.42 Å². The van der Waals surface area contributed by atoms with E-state index in [1.807, 2.05) is 25.3 Å². The van der Waals surface area contributed by atoms with Gasteiger partial charge in [0.2, 0.25) is 0 Å². The number of hydrogen-bond donors (Lipinski definition) is 2. The fraction of sp³-hybridized carbons (Fsp3) is 0.308.